The summed E-state index contributed by atoms with van der Waals surface area (Å²) in [7, 11) is 0. The molecule has 0 saturated heterocycles. The highest BCUT2D eigenvalue weighted by molar-refractivity contribution is 5.78. The van der Waals surface area contributed by atoms with Crippen molar-refractivity contribution in [2.24, 2.45) is 0 Å². The van der Waals surface area contributed by atoms with Crippen LogP contribution in [0.5, 0.6) is 0 Å². The molecule has 0 aliphatic carbocycles. The number of carboxylic acids is 1. The zero-order valence-corrected chi connectivity index (χ0v) is 9.10. The topological polar surface area (TPSA) is 99.1 Å². The first-order chi connectivity index (χ1) is 7.47. The minimum absolute atomic E-state index is 0.165. The molecule has 0 rings (SSSR count). The highest BCUT2D eigenvalue weighted by atomic mass is 16.8. The van der Waals surface area contributed by atoms with Gasteiger partial charge in [-0.15, -0.1) is 0 Å². The Morgan fingerprint density at radius 3 is 1.62 bits per heavy atom. The first kappa shape index (κ1) is 16.4. The lowest BCUT2D eigenvalue weighted by Crippen LogP contribution is -2.14. The normalized spacial score (nSPS) is 7.88. The second-order valence-electron chi connectivity index (χ2n) is 2.01. The van der Waals surface area contributed by atoms with Crippen LogP contribution in [-0.2, 0) is 19.0 Å². The van der Waals surface area contributed by atoms with Crippen LogP contribution in [0.3, 0.4) is 0 Å². The van der Waals surface area contributed by atoms with E-state index in [4.69, 9.17) is 5.11 Å². The van der Waals surface area contributed by atoms with E-state index in [2.05, 4.69) is 20.8 Å². The van der Waals surface area contributed by atoms with Crippen LogP contribution >= 0.6 is 0 Å². The van der Waals surface area contributed by atoms with Crippen molar-refractivity contribution < 1.29 is 33.7 Å². The van der Waals surface area contributed by atoms with Crippen LogP contribution in [0, 0.1) is 0 Å². The third-order valence-corrected chi connectivity index (χ3v) is 0.866. The molecule has 7 nitrogen and oxygen atoms in total. The Bertz CT molecular complexity index is 230. The van der Waals surface area contributed by atoms with E-state index in [9.17, 15) is 14.4 Å². The molecule has 92 valence electrons. The molecule has 0 heterocycles. The van der Waals surface area contributed by atoms with Crippen LogP contribution < -0.4 is 0 Å². The summed E-state index contributed by atoms with van der Waals surface area (Å²) in [6.45, 7) is 6.50. The zero-order valence-electron chi connectivity index (χ0n) is 9.10. The van der Waals surface area contributed by atoms with E-state index in [0.29, 0.717) is 0 Å². The number of hydrogen-bond acceptors (Lipinski definition) is 6. The van der Waals surface area contributed by atoms with Gasteiger partial charge < -0.3 is 19.3 Å². The molecule has 1 N–H and O–H groups in total. The standard InChI is InChI=1S/C6H10O5.C3H4O2/c1-3-9-5(7)11-6(8)10-4-2;1-2-3(4)5/h3-4H2,1-2H3;2H,1H2,(H,4,5). The van der Waals surface area contributed by atoms with Crippen molar-refractivity contribution in [2.75, 3.05) is 13.2 Å². The summed E-state index contributed by atoms with van der Waals surface area (Å²) in [4.78, 5) is 30.0. The molecule has 0 aromatic carbocycles. The van der Waals surface area contributed by atoms with Gasteiger partial charge in [-0.1, -0.05) is 6.58 Å². The summed E-state index contributed by atoms with van der Waals surface area (Å²) in [5.74, 6) is -0.981. The first-order valence-corrected chi connectivity index (χ1v) is 4.34. The molecular weight excluding hydrogens is 220 g/mol. The van der Waals surface area contributed by atoms with Crippen molar-refractivity contribution >= 4 is 18.3 Å². The Morgan fingerprint density at radius 1 is 1.12 bits per heavy atom. The third-order valence-electron chi connectivity index (χ3n) is 0.866. The Morgan fingerprint density at radius 2 is 1.44 bits per heavy atom. The van der Waals surface area contributed by atoms with E-state index in [1.54, 1.807) is 13.8 Å². The Labute approximate surface area is 92.6 Å². The van der Waals surface area contributed by atoms with Gasteiger partial charge in [0, 0.05) is 6.08 Å². The van der Waals surface area contributed by atoms with Gasteiger partial charge in [-0.05, 0) is 13.8 Å². The maximum absolute atomic E-state index is 10.4. The van der Waals surface area contributed by atoms with E-state index in [1.807, 2.05) is 0 Å². The van der Waals surface area contributed by atoms with Crippen LogP contribution in [0.4, 0.5) is 9.59 Å². The molecule has 0 aromatic heterocycles. The molecule has 16 heavy (non-hydrogen) atoms. The second kappa shape index (κ2) is 11.0. The number of ether oxygens (including phenoxy) is 3. The van der Waals surface area contributed by atoms with E-state index in [-0.39, 0.29) is 13.2 Å². The molecule has 0 spiro atoms. The van der Waals surface area contributed by atoms with E-state index < -0.39 is 18.3 Å². The van der Waals surface area contributed by atoms with Crippen LogP contribution in [-0.4, -0.2) is 36.6 Å². The summed E-state index contributed by atoms with van der Waals surface area (Å²) >= 11 is 0. The zero-order chi connectivity index (χ0) is 13.0. The molecule has 0 aliphatic heterocycles. The van der Waals surface area contributed by atoms with Gasteiger partial charge in [0.05, 0.1) is 13.2 Å². The van der Waals surface area contributed by atoms with Crippen molar-refractivity contribution in [3.63, 3.8) is 0 Å². The van der Waals surface area contributed by atoms with Crippen molar-refractivity contribution in [2.45, 2.75) is 13.8 Å². The van der Waals surface area contributed by atoms with Crippen molar-refractivity contribution in [3.8, 4) is 0 Å². The molecule has 0 atom stereocenters. The van der Waals surface area contributed by atoms with Gasteiger partial charge in [0.2, 0.25) is 0 Å². The van der Waals surface area contributed by atoms with Gasteiger partial charge in [-0.25, -0.2) is 14.4 Å². The minimum atomic E-state index is -1.04. The number of carboxylic acid groups (broad SMARTS) is 1. The van der Waals surface area contributed by atoms with Crippen molar-refractivity contribution in [1.29, 1.82) is 0 Å². The third kappa shape index (κ3) is 14.5. The van der Waals surface area contributed by atoms with Gasteiger partial charge in [0.1, 0.15) is 0 Å². The molecule has 0 aromatic rings. The Hall–Kier alpha value is -2.05. The molecule has 0 unspecified atom stereocenters. The SMILES string of the molecule is C=CC(=O)O.CCOC(=O)OC(=O)OCC. The highest BCUT2D eigenvalue weighted by Gasteiger charge is 2.10. The van der Waals surface area contributed by atoms with Crippen LogP contribution in [0.25, 0.3) is 0 Å². The maximum atomic E-state index is 10.4. The van der Waals surface area contributed by atoms with Gasteiger partial charge >= 0.3 is 18.3 Å². The smallest absolute Gasteiger partial charge is 0.478 e. The molecule has 7 heteroatoms. The monoisotopic (exact) mass is 234 g/mol. The van der Waals surface area contributed by atoms with Gasteiger partial charge in [-0.3, -0.25) is 0 Å². The lowest BCUT2D eigenvalue weighted by Gasteiger charge is -2.01. The summed E-state index contributed by atoms with van der Waals surface area (Å²) in [6, 6.07) is 0. The molecule has 0 fully saturated rings. The molecule has 0 aliphatic rings. The lowest BCUT2D eigenvalue weighted by atomic mass is 10.7. The predicted octanol–water partition coefficient (Wildman–Crippen LogP) is 1.57. The van der Waals surface area contributed by atoms with Gasteiger partial charge in [0.25, 0.3) is 0 Å². The molecule has 0 saturated carbocycles. The second-order valence-corrected chi connectivity index (χ2v) is 2.01. The lowest BCUT2D eigenvalue weighted by molar-refractivity contribution is -0.131. The molecular formula is C9H14O7. The van der Waals surface area contributed by atoms with Crippen molar-refractivity contribution in [1.82, 2.24) is 0 Å². The van der Waals surface area contributed by atoms with Gasteiger partial charge in [0.15, 0.2) is 0 Å². The number of hydrogen-bond donors (Lipinski definition) is 1. The van der Waals surface area contributed by atoms with Gasteiger partial charge in [-0.2, -0.15) is 0 Å². The summed E-state index contributed by atoms with van der Waals surface area (Å²) in [6.07, 6.45) is -1.24. The highest BCUT2D eigenvalue weighted by Crippen LogP contribution is 1.89. The predicted molar refractivity (Wildman–Crippen MR) is 53.0 cm³/mol. The number of carbonyl (C=O) groups is 3. The van der Waals surface area contributed by atoms with E-state index in [0.717, 1.165) is 6.08 Å². The maximum Gasteiger partial charge on any atom is 0.518 e. The molecule has 0 bridgehead atoms. The minimum Gasteiger partial charge on any atom is -0.478 e. The molecule has 0 radical (unpaired) electrons. The summed E-state index contributed by atoms with van der Waals surface area (Å²) in [5.41, 5.74) is 0. The number of aliphatic carboxylic acids is 1. The number of carbonyl (C=O) groups excluding carboxylic acids is 2. The number of rotatable bonds is 3. The summed E-state index contributed by atoms with van der Waals surface area (Å²) < 4.78 is 12.6. The van der Waals surface area contributed by atoms with E-state index >= 15 is 0 Å². The fraction of sp³-hybridized carbons (Fsp3) is 0.444. The average molecular weight is 234 g/mol. The quantitative estimate of drug-likeness (QED) is 0.449. The van der Waals surface area contributed by atoms with Crippen LogP contribution in [0.1, 0.15) is 13.8 Å². The van der Waals surface area contributed by atoms with Crippen LogP contribution in [0.2, 0.25) is 0 Å². The Balaban J connectivity index is 0. The summed E-state index contributed by atoms with van der Waals surface area (Å²) in [5, 5.41) is 7.60. The fourth-order valence-electron chi connectivity index (χ4n) is 0.363. The first-order valence-electron chi connectivity index (χ1n) is 4.34. The van der Waals surface area contributed by atoms with Crippen LogP contribution in [0.15, 0.2) is 12.7 Å². The largest absolute Gasteiger partial charge is 0.518 e. The fourth-order valence-corrected chi connectivity index (χ4v) is 0.363. The molecule has 0 amide bonds. The van der Waals surface area contributed by atoms with E-state index in [1.165, 1.54) is 0 Å². The average Bonchev–Trinajstić information content (AvgIpc) is 2.19. The van der Waals surface area contributed by atoms with Crippen molar-refractivity contribution in [3.05, 3.63) is 12.7 Å². The Kier molecular flexibility index (Phi) is 11.3.